The Morgan fingerprint density at radius 2 is 2.00 bits per heavy atom. The molecule has 0 radical (unpaired) electrons. The summed E-state index contributed by atoms with van der Waals surface area (Å²) in [5.74, 6) is -0.259. The van der Waals surface area contributed by atoms with Gasteiger partial charge in [0.2, 0.25) is 0 Å². The third-order valence-electron chi connectivity index (χ3n) is 6.72. The molecule has 0 N–H and O–H groups in total. The third kappa shape index (κ3) is 8.38. The van der Waals surface area contributed by atoms with Crippen LogP contribution < -0.4 is 5.01 Å². The SMILES string of the molecule is C=Cc1cc(C(=O)N2CC/C(=C\C(=CC)C3=NN(c4cccc(Cl)c4)C=CC=C3)CC(C)(I)C2)cc(C(F)(F)I)c1. The van der Waals surface area contributed by atoms with E-state index in [0.717, 1.165) is 46.0 Å². The molecule has 1 fully saturated rings. The highest BCUT2D eigenvalue weighted by atomic mass is 127. The van der Waals surface area contributed by atoms with Crippen LogP contribution in [0.3, 0.4) is 0 Å². The van der Waals surface area contributed by atoms with Crippen molar-refractivity contribution in [2.45, 2.75) is 34.0 Å². The number of alkyl halides is 4. The molecule has 2 aromatic rings. The molecule has 41 heavy (non-hydrogen) atoms. The smallest absolute Gasteiger partial charge is 0.321 e. The summed E-state index contributed by atoms with van der Waals surface area (Å²) >= 11 is 9.71. The molecule has 4 nitrogen and oxygen atoms in total. The number of allylic oxidation sites excluding steroid dienone is 6. The van der Waals surface area contributed by atoms with Gasteiger partial charge in [-0.1, -0.05) is 76.7 Å². The second-order valence-corrected chi connectivity index (χ2v) is 14.6. The number of anilines is 1. The molecule has 0 aliphatic carbocycles. The van der Waals surface area contributed by atoms with E-state index in [1.54, 1.807) is 16.0 Å². The highest BCUT2D eigenvalue weighted by molar-refractivity contribution is 14.1. The van der Waals surface area contributed by atoms with Crippen molar-refractivity contribution in [3.05, 3.63) is 118 Å². The summed E-state index contributed by atoms with van der Waals surface area (Å²) in [6.07, 6.45) is 14.8. The largest absolute Gasteiger partial charge is 0.337 e. The van der Waals surface area contributed by atoms with Gasteiger partial charge in [0.25, 0.3) is 5.91 Å². The zero-order chi connectivity index (χ0) is 29.8. The molecule has 9 heteroatoms. The molecule has 4 rings (SSSR count). The molecule has 0 spiro atoms. The molecule has 1 amide bonds. The molecule has 0 aromatic heterocycles. The van der Waals surface area contributed by atoms with E-state index in [1.165, 1.54) is 23.8 Å². The van der Waals surface area contributed by atoms with Crippen LogP contribution in [0.25, 0.3) is 6.08 Å². The number of benzene rings is 2. The minimum atomic E-state index is -3.09. The normalized spacial score (nSPS) is 21.0. The van der Waals surface area contributed by atoms with Crippen molar-refractivity contribution in [3.63, 3.8) is 0 Å². The Hall–Kier alpha value is -2.31. The molecule has 2 heterocycles. The molecule has 0 bridgehead atoms. The summed E-state index contributed by atoms with van der Waals surface area (Å²) in [5.41, 5.74) is 4.33. The van der Waals surface area contributed by atoms with Crippen LogP contribution in [0.1, 0.15) is 48.2 Å². The number of likely N-dealkylation sites (tertiary alicyclic amines) is 1. The average molecular weight is 800 g/mol. The maximum absolute atomic E-state index is 14.2. The summed E-state index contributed by atoms with van der Waals surface area (Å²) in [6, 6.07) is 11.8. The second-order valence-electron chi connectivity index (χ2n) is 10.2. The van der Waals surface area contributed by atoms with Gasteiger partial charge in [-0.05, 0) is 86.4 Å². The lowest BCUT2D eigenvalue weighted by Crippen LogP contribution is -2.39. The van der Waals surface area contributed by atoms with E-state index in [0.29, 0.717) is 30.1 Å². The zero-order valence-electron chi connectivity index (χ0n) is 22.8. The fraction of sp³-hybridized carbons (Fsp3) is 0.250. The van der Waals surface area contributed by atoms with Crippen LogP contribution in [0.4, 0.5) is 14.5 Å². The topological polar surface area (TPSA) is 35.9 Å². The van der Waals surface area contributed by atoms with Crippen LogP contribution in [0.15, 0.2) is 102 Å². The fourth-order valence-electron chi connectivity index (χ4n) is 4.81. The number of carbonyl (C=O) groups is 1. The molecule has 1 saturated heterocycles. The van der Waals surface area contributed by atoms with E-state index >= 15 is 0 Å². The van der Waals surface area contributed by atoms with Gasteiger partial charge in [-0.15, -0.1) is 0 Å². The monoisotopic (exact) mass is 799 g/mol. The van der Waals surface area contributed by atoms with Crippen molar-refractivity contribution in [2.75, 3.05) is 18.1 Å². The number of hydrazone groups is 1. The highest BCUT2D eigenvalue weighted by Gasteiger charge is 2.33. The van der Waals surface area contributed by atoms with E-state index in [-0.39, 0.29) is 20.5 Å². The molecule has 214 valence electrons. The number of amides is 1. The molecule has 1 atom stereocenters. The quantitative estimate of drug-likeness (QED) is 0.216. The molecule has 2 aliphatic rings. The first-order valence-electron chi connectivity index (χ1n) is 13.1. The third-order valence-corrected chi connectivity index (χ3v) is 8.30. The Morgan fingerprint density at radius 1 is 1.22 bits per heavy atom. The van der Waals surface area contributed by atoms with Gasteiger partial charge in [0.1, 0.15) is 0 Å². The first-order chi connectivity index (χ1) is 19.4. The number of rotatable bonds is 6. The van der Waals surface area contributed by atoms with E-state index in [9.17, 15) is 13.6 Å². The van der Waals surface area contributed by atoms with Gasteiger partial charge >= 0.3 is 3.93 Å². The maximum Gasteiger partial charge on any atom is 0.321 e. The zero-order valence-corrected chi connectivity index (χ0v) is 27.8. The number of hydrogen-bond donors (Lipinski definition) is 0. The van der Waals surface area contributed by atoms with Crippen molar-refractivity contribution in [1.82, 2.24) is 4.90 Å². The minimum Gasteiger partial charge on any atom is -0.337 e. The van der Waals surface area contributed by atoms with Crippen molar-refractivity contribution < 1.29 is 13.6 Å². The van der Waals surface area contributed by atoms with Gasteiger partial charge in [0, 0.05) is 61.5 Å². The Bertz CT molecular complexity index is 1490. The molecule has 2 aromatic carbocycles. The number of nitrogens with zero attached hydrogens (tertiary/aromatic N) is 3. The number of carbonyl (C=O) groups excluding carboxylic acids is 1. The van der Waals surface area contributed by atoms with Gasteiger partial charge < -0.3 is 4.90 Å². The summed E-state index contributed by atoms with van der Waals surface area (Å²) in [5, 5.41) is 7.31. The van der Waals surface area contributed by atoms with Gasteiger partial charge in [0.15, 0.2) is 0 Å². The summed E-state index contributed by atoms with van der Waals surface area (Å²) < 4.78 is 25.0. The summed E-state index contributed by atoms with van der Waals surface area (Å²) in [6.45, 7) is 8.77. The average Bonchev–Trinajstić information content (AvgIpc) is 3.26. The maximum atomic E-state index is 14.2. The Morgan fingerprint density at radius 3 is 2.68 bits per heavy atom. The predicted octanol–water partition coefficient (Wildman–Crippen LogP) is 9.72. The molecule has 0 saturated carbocycles. The molecular weight excluding hydrogens is 770 g/mol. The summed E-state index contributed by atoms with van der Waals surface area (Å²) in [7, 11) is 0. The number of hydrogen-bond acceptors (Lipinski definition) is 3. The van der Waals surface area contributed by atoms with Gasteiger partial charge in [-0.3, -0.25) is 4.79 Å². The first kappa shape index (κ1) is 31.6. The van der Waals surface area contributed by atoms with Crippen molar-refractivity contribution in [3.8, 4) is 0 Å². The van der Waals surface area contributed by atoms with Gasteiger partial charge in [-0.2, -0.15) is 13.9 Å². The Balaban J connectivity index is 1.60. The van der Waals surface area contributed by atoms with Gasteiger partial charge in [-0.25, -0.2) is 5.01 Å². The molecular formula is C32H30ClF2I2N3O. The van der Waals surface area contributed by atoms with E-state index in [2.05, 4.69) is 42.2 Å². The van der Waals surface area contributed by atoms with Crippen LogP contribution >= 0.6 is 56.8 Å². The number of halogens is 5. The lowest BCUT2D eigenvalue weighted by Gasteiger charge is -2.28. The van der Waals surface area contributed by atoms with Crippen LogP contribution in [-0.4, -0.2) is 33.0 Å². The Kier molecular flexibility index (Phi) is 10.3. The second kappa shape index (κ2) is 13.3. The van der Waals surface area contributed by atoms with E-state index in [1.807, 2.05) is 61.7 Å². The lowest BCUT2D eigenvalue weighted by molar-refractivity contribution is 0.0754. The van der Waals surface area contributed by atoms with Crippen LogP contribution in [0.2, 0.25) is 5.02 Å². The predicted molar refractivity (Wildman–Crippen MR) is 183 cm³/mol. The highest BCUT2D eigenvalue weighted by Crippen LogP contribution is 2.37. The van der Waals surface area contributed by atoms with Crippen molar-refractivity contribution >= 4 is 80.2 Å². The van der Waals surface area contributed by atoms with Gasteiger partial charge in [0.05, 0.1) is 11.4 Å². The first-order valence-corrected chi connectivity index (χ1v) is 15.6. The Labute approximate surface area is 272 Å². The molecule has 1 unspecified atom stereocenters. The standard InChI is InChI=1S/C32H30ClF2I2N3O/c1-4-22-15-25(18-26(17-22)32(34,35)37)30(41)39-14-12-23(20-31(3,36)21-39)16-24(5-2)29-11-6-7-13-40(38-29)28-10-8-9-27(33)19-28/h4-11,13,15-19H,1,12,14,20-21H2,2-3H3/b23-16+,24-5?. The van der Waals surface area contributed by atoms with Crippen molar-refractivity contribution in [1.29, 1.82) is 0 Å². The van der Waals surface area contributed by atoms with Crippen LogP contribution in [0, 0.1) is 0 Å². The fourth-order valence-corrected chi connectivity index (χ4v) is 6.21. The summed E-state index contributed by atoms with van der Waals surface area (Å²) in [4.78, 5) is 15.4. The van der Waals surface area contributed by atoms with E-state index in [4.69, 9.17) is 16.7 Å². The van der Waals surface area contributed by atoms with Crippen LogP contribution in [-0.2, 0) is 3.93 Å². The molecule has 2 aliphatic heterocycles. The minimum absolute atomic E-state index is 0.206. The van der Waals surface area contributed by atoms with E-state index < -0.39 is 3.93 Å². The lowest BCUT2D eigenvalue weighted by atomic mass is 9.97. The van der Waals surface area contributed by atoms with Crippen LogP contribution in [0.5, 0.6) is 0 Å². The van der Waals surface area contributed by atoms with Crippen molar-refractivity contribution in [2.24, 2.45) is 5.10 Å².